The number of nitrogens with zero attached hydrogens (tertiary/aromatic N) is 2. The Labute approximate surface area is 179 Å². The lowest BCUT2D eigenvalue weighted by molar-refractivity contribution is -0.157. The minimum absolute atomic E-state index is 0. The predicted molar refractivity (Wildman–Crippen MR) is 113 cm³/mol. The molecule has 0 heterocycles. The summed E-state index contributed by atoms with van der Waals surface area (Å²) in [4.78, 5) is 16.3. The molecule has 0 unspecified atom stereocenters. The lowest BCUT2D eigenvalue weighted by Gasteiger charge is -2.20. The number of anilines is 1. The van der Waals surface area contributed by atoms with E-state index in [4.69, 9.17) is 9.47 Å². The molecule has 11 heteroatoms. The van der Waals surface area contributed by atoms with Crippen LogP contribution in [-0.2, 0) is 9.53 Å². The van der Waals surface area contributed by atoms with Crippen molar-refractivity contribution in [3.63, 3.8) is 0 Å². The number of guanidine groups is 1. The van der Waals surface area contributed by atoms with Crippen LogP contribution in [0.1, 0.15) is 6.42 Å². The smallest absolute Gasteiger partial charge is 0.406 e. The zero-order chi connectivity index (χ0) is 20.3. The van der Waals surface area contributed by atoms with Crippen molar-refractivity contribution in [2.75, 3.05) is 52.8 Å². The van der Waals surface area contributed by atoms with Crippen LogP contribution in [0.2, 0.25) is 0 Å². The van der Waals surface area contributed by atoms with Gasteiger partial charge >= 0.3 is 6.18 Å². The highest BCUT2D eigenvalue weighted by Crippen LogP contribution is 2.17. The van der Waals surface area contributed by atoms with Gasteiger partial charge in [0.2, 0.25) is 5.91 Å². The molecule has 1 amide bonds. The SMILES string of the molecule is CN=C(NCC(=O)N(C)CC(F)(F)F)Nc1cccc(OCCCOC)c1.I. The molecular weight excluding hydrogens is 492 g/mol. The predicted octanol–water partition coefficient (Wildman–Crippen LogP) is 2.73. The van der Waals surface area contributed by atoms with Gasteiger partial charge in [-0.25, -0.2) is 0 Å². The second-order valence-corrected chi connectivity index (χ2v) is 5.64. The second-order valence-electron chi connectivity index (χ2n) is 5.64. The highest BCUT2D eigenvalue weighted by molar-refractivity contribution is 14.0. The van der Waals surface area contributed by atoms with E-state index in [9.17, 15) is 18.0 Å². The molecule has 0 radical (unpaired) electrons. The van der Waals surface area contributed by atoms with E-state index in [0.717, 1.165) is 13.5 Å². The number of halogens is 4. The number of nitrogens with one attached hydrogen (secondary N) is 2. The quantitative estimate of drug-likeness (QED) is 0.228. The van der Waals surface area contributed by atoms with Crippen LogP contribution in [0.4, 0.5) is 18.9 Å². The Bertz CT molecular complexity index is 630. The number of aliphatic imine (C=N–C) groups is 1. The highest BCUT2D eigenvalue weighted by Gasteiger charge is 2.31. The lowest BCUT2D eigenvalue weighted by atomic mass is 10.3. The van der Waals surface area contributed by atoms with Gasteiger partial charge in [-0.1, -0.05) is 6.07 Å². The molecule has 7 nitrogen and oxygen atoms in total. The van der Waals surface area contributed by atoms with Gasteiger partial charge in [0.1, 0.15) is 12.3 Å². The molecule has 1 rings (SSSR count). The first-order valence-electron chi connectivity index (χ1n) is 8.25. The molecule has 28 heavy (non-hydrogen) atoms. The van der Waals surface area contributed by atoms with Gasteiger partial charge in [-0.2, -0.15) is 13.2 Å². The number of carbonyl (C=O) groups is 1. The summed E-state index contributed by atoms with van der Waals surface area (Å²) in [5.74, 6) is 0.193. The number of carbonyl (C=O) groups excluding carboxylic acids is 1. The lowest BCUT2D eigenvalue weighted by Crippen LogP contribution is -2.43. The summed E-state index contributed by atoms with van der Waals surface area (Å²) in [6.07, 6.45) is -3.68. The molecule has 0 fully saturated rings. The molecule has 0 aliphatic carbocycles. The van der Waals surface area contributed by atoms with Gasteiger partial charge in [0, 0.05) is 46.0 Å². The van der Waals surface area contributed by atoms with E-state index in [1.807, 2.05) is 0 Å². The van der Waals surface area contributed by atoms with Crippen LogP contribution in [-0.4, -0.2) is 70.5 Å². The molecule has 0 aliphatic heterocycles. The first-order valence-corrected chi connectivity index (χ1v) is 8.25. The van der Waals surface area contributed by atoms with Crippen molar-refractivity contribution in [1.29, 1.82) is 0 Å². The van der Waals surface area contributed by atoms with Crippen LogP contribution in [0.5, 0.6) is 5.75 Å². The molecule has 0 aliphatic rings. The van der Waals surface area contributed by atoms with Gasteiger partial charge in [-0.05, 0) is 12.1 Å². The maximum absolute atomic E-state index is 12.3. The van der Waals surface area contributed by atoms with Crippen LogP contribution in [0.3, 0.4) is 0 Å². The number of hydrogen-bond donors (Lipinski definition) is 2. The number of hydrogen-bond acceptors (Lipinski definition) is 4. The Balaban J connectivity index is 0.00000729. The Morgan fingerprint density at radius 3 is 2.61 bits per heavy atom. The van der Waals surface area contributed by atoms with Gasteiger partial charge in [0.15, 0.2) is 5.96 Å². The molecule has 1 aromatic rings. The molecule has 0 bridgehead atoms. The molecule has 0 spiro atoms. The number of benzene rings is 1. The van der Waals surface area contributed by atoms with Crippen LogP contribution < -0.4 is 15.4 Å². The van der Waals surface area contributed by atoms with E-state index in [1.165, 1.54) is 7.05 Å². The van der Waals surface area contributed by atoms with Crippen LogP contribution in [0.15, 0.2) is 29.3 Å². The fourth-order valence-electron chi connectivity index (χ4n) is 2.02. The van der Waals surface area contributed by atoms with Gasteiger partial charge < -0.3 is 25.0 Å². The summed E-state index contributed by atoms with van der Waals surface area (Å²) in [5.41, 5.74) is 0.656. The summed E-state index contributed by atoms with van der Waals surface area (Å²) in [5, 5.41) is 5.64. The van der Waals surface area contributed by atoms with E-state index < -0.39 is 18.6 Å². The Morgan fingerprint density at radius 2 is 2.00 bits per heavy atom. The van der Waals surface area contributed by atoms with Crippen molar-refractivity contribution in [2.45, 2.75) is 12.6 Å². The maximum Gasteiger partial charge on any atom is 0.406 e. The average Bonchev–Trinajstić information content (AvgIpc) is 2.61. The monoisotopic (exact) mass is 518 g/mol. The molecule has 0 atom stereocenters. The largest absolute Gasteiger partial charge is 0.493 e. The Hall–Kier alpha value is -1.76. The number of likely N-dealkylation sites (N-methyl/N-ethyl adjacent to an activating group) is 1. The molecule has 0 saturated heterocycles. The van der Waals surface area contributed by atoms with Crippen molar-refractivity contribution < 1.29 is 27.4 Å². The minimum atomic E-state index is -4.44. The number of amides is 1. The first-order chi connectivity index (χ1) is 12.7. The zero-order valence-electron chi connectivity index (χ0n) is 16.0. The van der Waals surface area contributed by atoms with Crippen molar-refractivity contribution in [3.8, 4) is 5.75 Å². The fraction of sp³-hybridized carbons (Fsp3) is 0.529. The average molecular weight is 518 g/mol. The Morgan fingerprint density at radius 1 is 1.29 bits per heavy atom. The third-order valence-corrected chi connectivity index (χ3v) is 3.33. The van der Waals surface area contributed by atoms with E-state index >= 15 is 0 Å². The summed E-state index contributed by atoms with van der Waals surface area (Å²) in [7, 11) is 4.21. The van der Waals surface area contributed by atoms with Crippen LogP contribution in [0.25, 0.3) is 0 Å². The fourth-order valence-corrected chi connectivity index (χ4v) is 2.02. The third kappa shape index (κ3) is 11.2. The highest BCUT2D eigenvalue weighted by atomic mass is 127. The number of alkyl halides is 3. The number of rotatable bonds is 9. The number of ether oxygens (including phenoxy) is 2. The third-order valence-electron chi connectivity index (χ3n) is 3.33. The maximum atomic E-state index is 12.3. The van der Waals surface area contributed by atoms with E-state index in [0.29, 0.717) is 29.6 Å². The van der Waals surface area contributed by atoms with Gasteiger partial charge in [0.05, 0.1) is 13.2 Å². The van der Waals surface area contributed by atoms with Crippen molar-refractivity contribution in [3.05, 3.63) is 24.3 Å². The van der Waals surface area contributed by atoms with Gasteiger partial charge in [0.25, 0.3) is 0 Å². The van der Waals surface area contributed by atoms with Crippen molar-refractivity contribution >= 4 is 41.5 Å². The topological polar surface area (TPSA) is 75.2 Å². The van der Waals surface area contributed by atoms with Gasteiger partial charge in [-0.3, -0.25) is 9.79 Å². The molecule has 0 aromatic heterocycles. The molecule has 160 valence electrons. The minimum Gasteiger partial charge on any atom is -0.493 e. The molecule has 2 N–H and O–H groups in total. The van der Waals surface area contributed by atoms with Crippen molar-refractivity contribution in [1.82, 2.24) is 10.2 Å². The van der Waals surface area contributed by atoms with Crippen molar-refractivity contribution in [2.24, 2.45) is 4.99 Å². The Kier molecular flexibility index (Phi) is 12.6. The number of methoxy groups -OCH3 is 1. The second kappa shape index (κ2) is 13.4. The van der Waals surface area contributed by atoms with Gasteiger partial charge in [-0.15, -0.1) is 24.0 Å². The molecule has 0 saturated carbocycles. The summed E-state index contributed by atoms with van der Waals surface area (Å²) in [6, 6.07) is 7.09. The standard InChI is InChI=1S/C17H25F3N4O3.HI/c1-21-16(22-11-15(25)24(2)12-17(18,19)20)23-13-6-4-7-14(10-13)27-9-5-8-26-3;/h4,6-7,10H,5,8-9,11-12H2,1-3H3,(H2,21,22,23);1H. The summed E-state index contributed by atoms with van der Waals surface area (Å²) < 4.78 is 47.5. The summed E-state index contributed by atoms with van der Waals surface area (Å²) in [6.45, 7) is -0.517. The normalized spacial score (nSPS) is 11.4. The summed E-state index contributed by atoms with van der Waals surface area (Å²) >= 11 is 0. The van der Waals surface area contributed by atoms with E-state index in [1.54, 1.807) is 31.4 Å². The zero-order valence-corrected chi connectivity index (χ0v) is 18.3. The van der Waals surface area contributed by atoms with Crippen LogP contribution in [0, 0.1) is 0 Å². The molecular formula is C17H26F3IN4O3. The molecule has 1 aromatic carbocycles. The van der Waals surface area contributed by atoms with E-state index in [-0.39, 0.29) is 36.5 Å². The van der Waals surface area contributed by atoms with E-state index in [2.05, 4.69) is 15.6 Å². The van der Waals surface area contributed by atoms with Crippen LogP contribution >= 0.6 is 24.0 Å². The first kappa shape index (κ1) is 26.2.